The summed E-state index contributed by atoms with van der Waals surface area (Å²) in [6, 6.07) is 0. The number of hydrogen-bond acceptors (Lipinski definition) is 4. The number of nitrogens with one attached hydrogen (secondary N) is 1. The molecule has 0 radical (unpaired) electrons. The number of amides is 1. The average molecular weight is 228 g/mol. The van der Waals surface area contributed by atoms with E-state index in [-0.39, 0.29) is 5.91 Å². The number of hydrogen-bond donors (Lipinski definition) is 2. The van der Waals surface area contributed by atoms with Crippen LogP contribution >= 0.6 is 11.8 Å². The summed E-state index contributed by atoms with van der Waals surface area (Å²) < 4.78 is 1.96. The zero-order valence-corrected chi connectivity index (χ0v) is 9.75. The van der Waals surface area contributed by atoms with Gasteiger partial charge in [-0.25, -0.2) is 10.8 Å². The Kier molecular flexibility index (Phi) is 4.64. The molecular weight excluding hydrogens is 212 g/mol. The van der Waals surface area contributed by atoms with Crippen LogP contribution in [-0.4, -0.2) is 20.7 Å². The van der Waals surface area contributed by atoms with Gasteiger partial charge in [0.25, 0.3) is 0 Å². The summed E-state index contributed by atoms with van der Waals surface area (Å²) in [6.07, 6.45) is 4.92. The summed E-state index contributed by atoms with van der Waals surface area (Å²) in [5.74, 6) is 4.87. The zero-order chi connectivity index (χ0) is 11.3. The van der Waals surface area contributed by atoms with Crippen molar-refractivity contribution in [1.82, 2.24) is 15.0 Å². The van der Waals surface area contributed by atoms with Crippen molar-refractivity contribution >= 4 is 17.7 Å². The minimum Gasteiger partial charge on any atom is -0.329 e. The lowest BCUT2D eigenvalue weighted by Crippen LogP contribution is -2.30. The Balaban J connectivity index is 2.33. The molecular formula is C9H16N4OS. The van der Waals surface area contributed by atoms with Crippen LogP contribution in [0.25, 0.3) is 0 Å². The number of carbonyl (C=O) groups is 1. The lowest BCUT2D eigenvalue weighted by atomic mass is 10.2. The lowest BCUT2D eigenvalue weighted by molar-refractivity contribution is -0.121. The van der Waals surface area contributed by atoms with Gasteiger partial charge in [-0.2, -0.15) is 0 Å². The van der Waals surface area contributed by atoms with E-state index < -0.39 is 0 Å². The van der Waals surface area contributed by atoms with E-state index in [1.165, 1.54) is 0 Å². The highest BCUT2D eigenvalue weighted by atomic mass is 32.2. The second-order valence-corrected chi connectivity index (χ2v) is 4.76. The molecule has 1 rings (SSSR count). The fraction of sp³-hybridized carbons (Fsp3) is 0.556. The van der Waals surface area contributed by atoms with Crippen molar-refractivity contribution in [1.29, 1.82) is 0 Å². The largest absolute Gasteiger partial charge is 0.329 e. The summed E-state index contributed by atoms with van der Waals surface area (Å²) in [7, 11) is 1.95. The lowest BCUT2D eigenvalue weighted by Gasteiger charge is -2.09. The number of thioether (sulfide) groups is 1. The summed E-state index contributed by atoms with van der Waals surface area (Å²) in [5, 5.41) is 1.32. The van der Waals surface area contributed by atoms with Crippen molar-refractivity contribution in [3.05, 3.63) is 12.4 Å². The minimum absolute atomic E-state index is 0.123. The second-order valence-electron chi connectivity index (χ2n) is 3.36. The van der Waals surface area contributed by atoms with Gasteiger partial charge in [0.2, 0.25) is 5.91 Å². The number of nitrogens with zero attached hydrogens (tertiary/aromatic N) is 2. The first-order chi connectivity index (χ1) is 7.13. The predicted octanol–water partition coefficient (Wildman–Crippen LogP) is 0.671. The number of imidazole rings is 1. The summed E-state index contributed by atoms with van der Waals surface area (Å²) in [6.45, 7) is 2.07. The molecule has 0 aromatic carbocycles. The fourth-order valence-corrected chi connectivity index (χ4v) is 2.06. The maximum Gasteiger partial charge on any atom is 0.233 e. The highest BCUT2D eigenvalue weighted by Gasteiger charge is 2.09. The molecule has 0 aliphatic rings. The van der Waals surface area contributed by atoms with Gasteiger partial charge in [0.1, 0.15) is 0 Å². The van der Waals surface area contributed by atoms with Gasteiger partial charge in [-0.05, 0) is 6.42 Å². The zero-order valence-electron chi connectivity index (χ0n) is 8.93. The first-order valence-electron chi connectivity index (χ1n) is 4.77. The Bertz CT molecular complexity index is 326. The molecule has 6 heteroatoms. The predicted molar refractivity (Wildman–Crippen MR) is 60.1 cm³/mol. The quantitative estimate of drug-likeness (QED) is 0.336. The van der Waals surface area contributed by atoms with Crippen molar-refractivity contribution in [3.8, 4) is 0 Å². The van der Waals surface area contributed by atoms with Gasteiger partial charge in [0, 0.05) is 31.1 Å². The SMILES string of the molecule is CC(CCC(=O)NN)Sc1nccn1C. The third-order valence-corrected chi connectivity index (χ3v) is 3.26. The highest BCUT2D eigenvalue weighted by Crippen LogP contribution is 2.23. The van der Waals surface area contributed by atoms with Crippen LogP contribution in [-0.2, 0) is 11.8 Å². The number of carbonyl (C=O) groups excluding carboxylic acids is 1. The van der Waals surface area contributed by atoms with Crippen molar-refractivity contribution in [2.45, 2.75) is 30.2 Å². The molecule has 0 aliphatic heterocycles. The molecule has 0 bridgehead atoms. The topological polar surface area (TPSA) is 72.9 Å². The van der Waals surface area contributed by atoms with Gasteiger partial charge in [0.05, 0.1) is 0 Å². The maximum atomic E-state index is 10.9. The van der Waals surface area contributed by atoms with Crippen LogP contribution in [0, 0.1) is 0 Å². The first-order valence-corrected chi connectivity index (χ1v) is 5.65. The van der Waals surface area contributed by atoms with Crippen LogP contribution in [0.3, 0.4) is 0 Å². The highest BCUT2D eigenvalue weighted by molar-refractivity contribution is 7.99. The van der Waals surface area contributed by atoms with E-state index in [4.69, 9.17) is 5.84 Å². The summed E-state index contributed by atoms with van der Waals surface area (Å²) in [4.78, 5) is 15.1. The molecule has 0 saturated heterocycles. The van der Waals surface area contributed by atoms with Crippen molar-refractivity contribution < 1.29 is 4.79 Å². The molecule has 1 amide bonds. The number of aromatic nitrogens is 2. The Morgan fingerprint density at radius 3 is 3.07 bits per heavy atom. The van der Waals surface area contributed by atoms with Crippen LogP contribution in [0.4, 0.5) is 0 Å². The molecule has 1 atom stereocenters. The van der Waals surface area contributed by atoms with Crippen LogP contribution < -0.4 is 11.3 Å². The van der Waals surface area contributed by atoms with E-state index in [1.54, 1.807) is 18.0 Å². The molecule has 1 aromatic rings. The summed E-state index contributed by atoms with van der Waals surface area (Å²) >= 11 is 1.66. The number of hydrazine groups is 1. The van der Waals surface area contributed by atoms with Gasteiger partial charge in [-0.15, -0.1) is 0 Å². The maximum absolute atomic E-state index is 10.9. The minimum atomic E-state index is -0.123. The van der Waals surface area contributed by atoms with Crippen LogP contribution in [0.2, 0.25) is 0 Å². The Hall–Kier alpha value is -1.01. The molecule has 5 nitrogen and oxygen atoms in total. The smallest absolute Gasteiger partial charge is 0.233 e. The van der Waals surface area contributed by atoms with E-state index in [0.29, 0.717) is 11.7 Å². The molecule has 0 fully saturated rings. The molecule has 1 aromatic heterocycles. The van der Waals surface area contributed by atoms with Gasteiger partial charge < -0.3 is 4.57 Å². The Morgan fingerprint density at radius 1 is 1.80 bits per heavy atom. The number of rotatable bonds is 5. The average Bonchev–Trinajstić information content (AvgIpc) is 2.61. The van der Waals surface area contributed by atoms with E-state index in [9.17, 15) is 4.79 Å². The first kappa shape index (κ1) is 12.1. The Labute approximate surface area is 93.4 Å². The standard InChI is InChI=1S/C9H16N4OS/c1-7(3-4-8(14)12-10)15-9-11-5-6-13(9)2/h5-7H,3-4,10H2,1-2H3,(H,12,14). The van der Waals surface area contributed by atoms with E-state index >= 15 is 0 Å². The van der Waals surface area contributed by atoms with Gasteiger partial charge in [-0.3, -0.25) is 10.2 Å². The fourth-order valence-electron chi connectivity index (χ4n) is 1.11. The van der Waals surface area contributed by atoms with Crippen molar-refractivity contribution in [2.24, 2.45) is 12.9 Å². The van der Waals surface area contributed by atoms with Crippen molar-refractivity contribution in [3.63, 3.8) is 0 Å². The molecule has 0 aliphatic carbocycles. The molecule has 3 N–H and O–H groups in total. The van der Waals surface area contributed by atoms with E-state index in [0.717, 1.165) is 11.6 Å². The van der Waals surface area contributed by atoms with E-state index in [1.807, 2.05) is 17.8 Å². The van der Waals surface area contributed by atoms with E-state index in [2.05, 4.69) is 17.3 Å². The summed E-state index contributed by atoms with van der Waals surface area (Å²) in [5.41, 5.74) is 2.12. The molecule has 84 valence electrons. The molecule has 0 saturated carbocycles. The molecule has 15 heavy (non-hydrogen) atoms. The Morgan fingerprint density at radius 2 is 2.53 bits per heavy atom. The molecule has 1 heterocycles. The molecule has 1 unspecified atom stereocenters. The van der Waals surface area contributed by atoms with Gasteiger partial charge in [-0.1, -0.05) is 18.7 Å². The van der Waals surface area contributed by atoms with Crippen molar-refractivity contribution in [2.75, 3.05) is 0 Å². The van der Waals surface area contributed by atoms with Crippen LogP contribution in [0.1, 0.15) is 19.8 Å². The van der Waals surface area contributed by atoms with Crippen LogP contribution in [0.15, 0.2) is 17.6 Å². The third kappa shape index (κ3) is 3.93. The normalized spacial score (nSPS) is 12.5. The van der Waals surface area contributed by atoms with Gasteiger partial charge in [0.15, 0.2) is 5.16 Å². The monoisotopic (exact) mass is 228 g/mol. The van der Waals surface area contributed by atoms with Crippen LogP contribution in [0.5, 0.6) is 0 Å². The number of aryl methyl sites for hydroxylation is 1. The second kappa shape index (κ2) is 5.77. The third-order valence-electron chi connectivity index (χ3n) is 2.02. The van der Waals surface area contributed by atoms with Gasteiger partial charge >= 0.3 is 0 Å². The number of nitrogens with two attached hydrogens (primary N) is 1. The molecule has 0 spiro atoms.